The number of carbonyl (C=O) groups is 5. The molecular formula is C39H51N7O10S. The van der Waals surface area contributed by atoms with Gasteiger partial charge in [0.2, 0.25) is 23.7 Å². The molecule has 3 rings (SSSR count). The van der Waals surface area contributed by atoms with Gasteiger partial charge in [0.25, 0.3) is 10.0 Å². The van der Waals surface area contributed by atoms with Crippen LogP contribution in [0.5, 0.6) is 0 Å². The molecule has 8 N–H and O–H groups in total. The number of aliphatic imine (C=N–C) groups is 1. The lowest BCUT2D eigenvalue weighted by Crippen LogP contribution is -2.58. The summed E-state index contributed by atoms with van der Waals surface area (Å²) < 4.78 is 38.8. The van der Waals surface area contributed by atoms with E-state index >= 15 is 0 Å². The summed E-state index contributed by atoms with van der Waals surface area (Å²) in [6.07, 6.45) is -0.863. The Morgan fingerprint density at radius 2 is 1.37 bits per heavy atom. The van der Waals surface area contributed by atoms with E-state index in [4.69, 9.17) is 20.3 Å². The van der Waals surface area contributed by atoms with Crippen LogP contribution in [0.15, 0.2) is 94.8 Å². The molecule has 0 aliphatic carbocycles. The SMILES string of the molecule is Cc1ccc(S(=O)(=O)NC(N)=NCCC[C@H](NC(=O)OC(C)(C)C)C(=O)N[C@@H](COCc2ccccc2)C(=O)N[C@@H](Cc2ccccc2)C(=O)NCC(=O)O)cc1. The van der Waals surface area contributed by atoms with E-state index in [0.29, 0.717) is 5.56 Å². The van der Waals surface area contributed by atoms with Crippen molar-refractivity contribution in [3.05, 3.63) is 102 Å². The lowest BCUT2D eigenvalue weighted by atomic mass is 10.0. The van der Waals surface area contributed by atoms with Crippen LogP contribution in [-0.2, 0) is 51.7 Å². The second-order valence-electron chi connectivity index (χ2n) is 14.0. The van der Waals surface area contributed by atoms with Crippen LogP contribution in [-0.4, -0.2) is 92.7 Å². The monoisotopic (exact) mass is 809 g/mol. The van der Waals surface area contributed by atoms with Crippen molar-refractivity contribution in [3.8, 4) is 0 Å². The topological polar surface area (TPSA) is 257 Å². The summed E-state index contributed by atoms with van der Waals surface area (Å²) in [5.41, 5.74) is 7.26. The molecule has 57 heavy (non-hydrogen) atoms. The number of nitrogens with one attached hydrogen (secondary N) is 5. The zero-order chi connectivity index (χ0) is 42.0. The van der Waals surface area contributed by atoms with Gasteiger partial charge in [0.05, 0.1) is 18.1 Å². The number of aryl methyl sites for hydroxylation is 1. The van der Waals surface area contributed by atoms with Crippen molar-refractivity contribution in [2.75, 3.05) is 19.7 Å². The van der Waals surface area contributed by atoms with E-state index in [2.05, 4.69) is 31.0 Å². The molecule has 308 valence electrons. The summed E-state index contributed by atoms with van der Waals surface area (Å²) in [6, 6.07) is 19.9. The molecule has 0 radical (unpaired) electrons. The number of hydrogen-bond donors (Lipinski definition) is 7. The molecular weight excluding hydrogens is 759 g/mol. The standard InChI is InChI=1S/C39H51N7O10S/c1-26-17-19-29(20-18-26)57(53,54)46-37(40)41-21-11-16-30(45-38(52)56-39(2,3)4)35(50)44-32(25-55-24-28-14-9-6-10-15-28)36(51)43-31(34(49)42-23-33(47)48)22-27-12-7-5-8-13-27/h5-10,12-15,17-20,30-32H,11,16,21-25H2,1-4H3,(H,42,49)(H,43,51)(H,44,50)(H,45,52)(H,47,48)(H3,40,41,46)/t30-,31-,32-/m0/s1. The third-order valence-corrected chi connectivity index (χ3v) is 9.24. The van der Waals surface area contributed by atoms with Gasteiger partial charge in [0.1, 0.15) is 30.3 Å². The highest BCUT2D eigenvalue weighted by Gasteiger charge is 2.31. The predicted molar refractivity (Wildman–Crippen MR) is 211 cm³/mol. The molecule has 0 heterocycles. The number of ether oxygens (including phenoxy) is 2. The average Bonchev–Trinajstić information content (AvgIpc) is 3.14. The average molecular weight is 810 g/mol. The molecule has 18 heteroatoms. The first-order valence-corrected chi connectivity index (χ1v) is 19.5. The van der Waals surface area contributed by atoms with Crippen LogP contribution in [0.3, 0.4) is 0 Å². The Morgan fingerprint density at radius 1 is 0.789 bits per heavy atom. The summed E-state index contributed by atoms with van der Waals surface area (Å²) in [5.74, 6) is -4.07. The normalized spacial score (nSPS) is 13.3. The van der Waals surface area contributed by atoms with Crippen molar-refractivity contribution >= 4 is 45.8 Å². The number of amides is 4. The Balaban J connectivity index is 1.80. The zero-order valence-electron chi connectivity index (χ0n) is 32.3. The Labute approximate surface area is 332 Å². The summed E-state index contributed by atoms with van der Waals surface area (Å²) in [4.78, 5) is 68.9. The number of nitrogens with zero attached hydrogens (tertiary/aromatic N) is 1. The third kappa shape index (κ3) is 17.1. The number of benzene rings is 3. The molecule has 0 saturated heterocycles. The van der Waals surface area contributed by atoms with E-state index in [1.807, 2.05) is 13.0 Å². The number of carboxylic acids is 1. The Bertz CT molecular complexity index is 1940. The second-order valence-corrected chi connectivity index (χ2v) is 15.6. The van der Waals surface area contributed by atoms with Crippen LogP contribution in [0, 0.1) is 6.92 Å². The fourth-order valence-electron chi connectivity index (χ4n) is 5.10. The van der Waals surface area contributed by atoms with E-state index < -0.39 is 70.1 Å². The number of alkyl carbamates (subject to hydrolysis) is 1. The zero-order valence-corrected chi connectivity index (χ0v) is 33.1. The maximum Gasteiger partial charge on any atom is 0.408 e. The highest BCUT2D eigenvalue weighted by Crippen LogP contribution is 2.11. The van der Waals surface area contributed by atoms with E-state index in [9.17, 15) is 32.4 Å². The third-order valence-electron chi connectivity index (χ3n) is 7.87. The number of rotatable bonds is 20. The van der Waals surface area contributed by atoms with Crippen LogP contribution in [0.25, 0.3) is 0 Å². The maximum atomic E-state index is 13.9. The fourth-order valence-corrected chi connectivity index (χ4v) is 6.05. The van der Waals surface area contributed by atoms with Gasteiger partial charge >= 0.3 is 12.1 Å². The van der Waals surface area contributed by atoms with Crippen molar-refractivity contribution in [1.29, 1.82) is 0 Å². The van der Waals surface area contributed by atoms with E-state index in [0.717, 1.165) is 11.1 Å². The van der Waals surface area contributed by atoms with Gasteiger partial charge in [-0.15, -0.1) is 0 Å². The second kappa shape index (κ2) is 21.9. The summed E-state index contributed by atoms with van der Waals surface area (Å²) in [7, 11) is -4.01. The van der Waals surface area contributed by atoms with E-state index in [1.54, 1.807) is 87.5 Å². The predicted octanol–water partition coefficient (Wildman–Crippen LogP) is 1.89. The van der Waals surface area contributed by atoms with Crippen molar-refractivity contribution < 1.29 is 47.0 Å². The van der Waals surface area contributed by atoms with Crippen LogP contribution < -0.4 is 31.7 Å². The molecule has 4 amide bonds. The highest BCUT2D eigenvalue weighted by atomic mass is 32.2. The van der Waals surface area contributed by atoms with Gasteiger partial charge in [0.15, 0.2) is 0 Å². The van der Waals surface area contributed by atoms with Crippen molar-refractivity contribution in [2.45, 2.75) is 82.2 Å². The molecule has 0 aromatic heterocycles. The van der Waals surface area contributed by atoms with Crippen LogP contribution in [0.4, 0.5) is 4.79 Å². The largest absolute Gasteiger partial charge is 0.480 e. The quantitative estimate of drug-likeness (QED) is 0.0493. The van der Waals surface area contributed by atoms with Crippen LogP contribution in [0.2, 0.25) is 0 Å². The van der Waals surface area contributed by atoms with Crippen molar-refractivity contribution in [3.63, 3.8) is 0 Å². The van der Waals surface area contributed by atoms with E-state index in [1.165, 1.54) is 12.1 Å². The molecule has 0 saturated carbocycles. The highest BCUT2D eigenvalue weighted by molar-refractivity contribution is 7.90. The Morgan fingerprint density at radius 3 is 1.96 bits per heavy atom. The van der Waals surface area contributed by atoms with E-state index in [-0.39, 0.29) is 49.9 Å². The molecule has 3 aromatic carbocycles. The number of sulfonamides is 1. The minimum absolute atomic E-state index is 0.00276. The van der Waals surface area contributed by atoms with Gasteiger partial charge in [-0.1, -0.05) is 78.4 Å². The number of nitrogens with two attached hydrogens (primary N) is 1. The maximum absolute atomic E-state index is 13.9. The first kappa shape index (κ1) is 45.4. The number of carbonyl (C=O) groups excluding carboxylic acids is 4. The fraction of sp³-hybridized carbons (Fsp3) is 0.385. The first-order chi connectivity index (χ1) is 26.9. The molecule has 0 aliphatic rings. The molecule has 0 aliphatic heterocycles. The van der Waals surface area contributed by atoms with Gasteiger partial charge in [0, 0.05) is 13.0 Å². The molecule has 0 bridgehead atoms. The van der Waals surface area contributed by atoms with Crippen molar-refractivity contribution in [1.82, 2.24) is 26.0 Å². The summed E-state index contributed by atoms with van der Waals surface area (Å²) >= 11 is 0. The smallest absolute Gasteiger partial charge is 0.408 e. The molecule has 3 aromatic rings. The van der Waals surface area contributed by atoms with Crippen LogP contribution in [0.1, 0.15) is 50.3 Å². The first-order valence-electron chi connectivity index (χ1n) is 18.1. The summed E-state index contributed by atoms with van der Waals surface area (Å²) in [6.45, 7) is 5.70. The molecule has 0 unspecified atom stereocenters. The number of hydrogen-bond acceptors (Lipinski definition) is 10. The van der Waals surface area contributed by atoms with Gasteiger partial charge in [-0.05, 0) is 63.8 Å². The van der Waals surface area contributed by atoms with Gasteiger partial charge in [-0.3, -0.25) is 24.2 Å². The molecule has 3 atom stereocenters. The lowest BCUT2D eigenvalue weighted by molar-refractivity contribution is -0.138. The van der Waals surface area contributed by atoms with Crippen molar-refractivity contribution in [2.24, 2.45) is 10.7 Å². The number of aliphatic carboxylic acids is 1. The van der Waals surface area contributed by atoms with Gasteiger partial charge in [-0.2, -0.15) is 0 Å². The number of guanidine groups is 1. The van der Waals surface area contributed by atoms with Crippen LogP contribution >= 0.6 is 0 Å². The molecule has 17 nitrogen and oxygen atoms in total. The Hall–Kier alpha value is -6.01. The molecule has 0 fully saturated rings. The molecule has 0 spiro atoms. The summed E-state index contributed by atoms with van der Waals surface area (Å²) in [5, 5.41) is 19.1. The van der Waals surface area contributed by atoms with Gasteiger partial charge in [-0.25, -0.2) is 17.9 Å². The minimum atomic E-state index is -4.01. The van der Waals surface area contributed by atoms with Gasteiger partial charge < -0.3 is 41.6 Å². The number of carboxylic acid groups (broad SMARTS) is 1. The Kier molecular flexibility index (Phi) is 17.4. The minimum Gasteiger partial charge on any atom is -0.480 e. The lowest BCUT2D eigenvalue weighted by Gasteiger charge is -2.26.